The van der Waals surface area contributed by atoms with E-state index in [4.69, 9.17) is 0 Å². The summed E-state index contributed by atoms with van der Waals surface area (Å²) in [4.78, 5) is 29.2. The minimum absolute atomic E-state index is 0. The van der Waals surface area contributed by atoms with Crippen LogP contribution in [0.1, 0.15) is 0 Å². The molecule has 0 saturated carbocycles. The Morgan fingerprint density at radius 1 is 0.387 bits per heavy atom. The van der Waals surface area contributed by atoms with Gasteiger partial charge in [-0.05, 0) is 35.0 Å². The third-order valence-electron chi connectivity index (χ3n) is 5.27. The monoisotopic (exact) mass is 408 g/mol. The number of pyridine rings is 2. The van der Waals surface area contributed by atoms with Crippen LogP contribution in [-0.4, -0.2) is 15.4 Å². The molecule has 0 amide bonds. The molecule has 31 heavy (non-hydrogen) atoms. The summed E-state index contributed by atoms with van der Waals surface area (Å²) in [5.74, 6) is 0. The van der Waals surface area contributed by atoms with Gasteiger partial charge in [0.05, 0.1) is 0 Å². The highest BCUT2D eigenvalue weighted by Crippen LogP contribution is 2.21. The zero-order valence-electron chi connectivity index (χ0n) is 16.6. The number of fused-ring (bicyclic) bond motifs is 6. The largest absolute Gasteiger partial charge is 0.412 e. The van der Waals surface area contributed by atoms with E-state index in [-0.39, 0.29) is 16.6 Å². The van der Waals surface area contributed by atoms with E-state index in [2.05, 4.69) is 9.97 Å². The van der Waals surface area contributed by atoms with Crippen LogP contribution in [0.15, 0.2) is 107 Å². The number of aromatic nitrogens is 2. The first kappa shape index (κ1) is 20.1. The van der Waals surface area contributed by atoms with Gasteiger partial charge in [0.2, 0.25) is 0 Å². The molecule has 0 radical (unpaired) electrons. The van der Waals surface area contributed by atoms with Crippen molar-refractivity contribution < 1.29 is 5.48 Å². The second-order valence-corrected chi connectivity index (χ2v) is 7.09. The molecule has 4 N–H and O–H groups in total. The highest BCUT2D eigenvalue weighted by atomic mass is 16.1. The first-order chi connectivity index (χ1) is 14.7. The molecule has 0 spiro atoms. The van der Waals surface area contributed by atoms with Crippen molar-refractivity contribution in [3.8, 4) is 0 Å². The van der Waals surface area contributed by atoms with Gasteiger partial charge in [0.15, 0.2) is 0 Å². The highest BCUT2D eigenvalue weighted by Gasteiger charge is 2.03. The molecular formula is C26H20N2O3. The molecule has 5 heteroatoms. The lowest BCUT2D eigenvalue weighted by Gasteiger charge is -2.02. The van der Waals surface area contributed by atoms with Crippen LogP contribution in [0.25, 0.3) is 43.4 Å². The Morgan fingerprint density at radius 3 is 1.06 bits per heavy atom. The van der Waals surface area contributed by atoms with E-state index in [0.29, 0.717) is 0 Å². The predicted octanol–water partition coefficient (Wildman–Crippen LogP) is 4.54. The Bertz CT molecular complexity index is 1520. The second-order valence-electron chi connectivity index (χ2n) is 7.09. The first-order valence-electron chi connectivity index (χ1n) is 9.72. The Labute approximate surface area is 176 Å². The second kappa shape index (κ2) is 8.26. The lowest BCUT2D eigenvalue weighted by molar-refractivity contribution is 0.824. The SMILES string of the molecule is O.O=c1[nH]c2ccccc2c2ccccc12.O=c1[nH]c2ccccc2c2ccccc12. The molecule has 0 atom stereocenters. The van der Waals surface area contributed by atoms with Gasteiger partial charge in [0.25, 0.3) is 11.1 Å². The molecule has 0 aliphatic rings. The van der Waals surface area contributed by atoms with Gasteiger partial charge in [-0.2, -0.15) is 0 Å². The van der Waals surface area contributed by atoms with Crippen LogP contribution in [0.4, 0.5) is 0 Å². The van der Waals surface area contributed by atoms with Crippen molar-refractivity contribution in [2.45, 2.75) is 0 Å². The minimum atomic E-state index is -0.0238. The van der Waals surface area contributed by atoms with E-state index in [1.54, 1.807) is 0 Å². The van der Waals surface area contributed by atoms with Crippen LogP contribution in [-0.2, 0) is 0 Å². The summed E-state index contributed by atoms with van der Waals surface area (Å²) >= 11 is 0. The maximum Gasteiger partial charge on any atom is 0.256 e. The molecule has 0 saturated heterocycles. The van der Waals surface area contributed by atoms with Gasteiger partial charge in [-0.1, -0.05) is 72.8 Å². The topological polar surface area (TPSA) is 97.2 Å². The van der Waals surface area contributed by atoms with Gasteiger partial charge in [0.1, 0.15) is 0 Å². The number of H-pyrrole nitrogens is 2. The van der Waals surface area contributed by atoms with E-state index in [9.17, 15) is 9.59 Å². The summed E-state index contributed by atoms with van der Waals surface area (Å²) in [5.41, 5.74) is 1.73. The van der Waals surface area contributed by atoms with Gasteiger partial charge in [0, 0.05) is 32.6 Å². The van der Waals surface area contributed by atoms with Crippen molar-refractivity contribution in [2.75, 3.05) is 0 Å². The molecule has 0 fully saturated rings. The Kier molecular flexibility index (Phi) is 5.35. The molecule has 6 rings (SSSR count). The maximum absolute atomic E-state index is 11.7. The van der Waals surface area contributed by atoms with Gasteiger partial charge in [-0.25, -0.2) is 0 Å². The average molecular weight is 408 g/mol. The molecule has 152 valence electrons. The molecule has 0 aliphatic heterocycles. The fourth-order valence-electron chi connectivity index (χ4n) is 3.87. The summed E-state index contributed by atoms with van der Waals surface area (Å²) in [7, 11) is 0. The zero-order chi connectivity index (χ0) is 20.5. The van der Waals surface area contributed by atoms with Crippen LogP contribution in [0.5, 0.6) is 0 Å². The minimum Gasteiger partial charge on any atom is -0.412 e. The van der Waals surface area contributed by atoms with Crippen molar-refractivity contribution >= 4 is 43.4 Å². The van der Waals surface area contributed by atoms with Gasteiger partial charge in [-0.15, -0.1) is 0 Å². The van der Waals surface area contributed by atoms with Crippen LogP contribution >= 0.6 is 0 Å². The number of hydrogen-bond donors (Lipinski definition) is 2. The van der Waals surface area contributed by atoms with Gasteiger partial charge < -0.3 is 15.4 Å². The Hall–Kier alpha value is -4.22. The Balaban J connectivity index is 0.000000144. The summed E-state index contributed by atoms with van der Waals surface area (Å²) in [5, 5.41) is 5.70. The molecular weight excluding hydrogens is 388 g/mol. The van der Waals surface area contributed by atoms with E-state index < -0.39 is 0 Å². The van der Waals surface area contributed by atoms with Crippen LogP contribution in [0.3, 0.4) is 0 Å². The molecule has 4 aromatic carbocycles. The standard InChI is InChI=1S/2C13H9NO.H2O/c2*15-13-11-7-2-1-5-9(11)10-6-3-4-8-12(10)14-13;/h2*1-8H,(H,14,15);1H2. The van der Waals surface area contributed by atoms with E-state index in [1.807, 2.05) is 97.1 Å². The third kappa shape index (κ3) is 3.58. The lowest BCUT2D eigenvalue weighted by Crippen LogP contribution is -2.05. The number of rotatable bonds is 0. The third-order valence-corrected chi connectivity index (χ3v) is 5.27. The lowest BCUT2D eigenvalue weighted by atomic mass is 10.1. The molecule has 2 heterocycles. The summed E-state index contributed by atoms with van der Waals surface area (Å²) < 4.78 is 0. The Morgan fingerprint density at radius 2 is 0.677 bits per heavy atom. The molecule has 0 bridgehead atoms. The fourth-order valence-corrected chi connectivity index (χ4v) is 3.87. The fraction of sp³-hybridized carbons (Fsp3) is 0. The number of nitrogens with one attached hydrogen (secondary N) is 2. The van der Waals surface area contributed by atoms with Crippen molar-refractivity contribution in [1.29, 1.82) is 0 Å². The van der Waals surface area contributed by atoms with Crippen LogP contribution in [0, 0.1) is 0 Å². The summed E-state index contributed by atoms with van der Waals surface area (Å²) in [6.07, 6.45) is 0. The van der Waals surface area contributed by atoms with E-state index >= 15 is 0 Å². The molecule has 0 unspecified atom stereocenters. The van der Waals surface area contributed by atoms with E-state index in [0.717, 1.165) is 43.4 Å². The summed E-state index contributed by atoms with van der Waals surface area (Å²) in [6.45, 7) is 0. The smallest absolute Gasteiger partial charge is 0.256 e. The summed E-state index contributed by atoms with van der Waals surface area (Å²) in [6, 6.07) is 31.0. The first-order valence-corrected chi connectivity index (χ1v) is 9.72. The molecule has 6 aromatic rings. The van der Waals surface area contributed by atoms with Gasteiger partial charge in [-0.3, -0.25) is 9.59 Å². The van der Waals surface area contributed by atoms with Gasteiger partial charge >= 0.3 is 0 Å². The number of hydrogen-bond acceptors (Lipinski definition) is 2. The highest BCUT2D eigenvalue weighted by molar-refractivity contribution is 6.05. The van der Waals surface area contributed by atoms with E-state index in [1.165, 1.54) is 0 Å². The van der Waals surface area contributed by atoms with Crippen molar-refractivity contribution in [3.63, 3.8) is 0 Å². The van der Waals surface area contributed by atoms with Crippen LogP contribution in [0.2, 0.25) is 0 Å². The van der Waals surface area contributed by atoms with Crippen molar-refractivity contribution in [3.05, 3.63) is 118 Å². The van der Waals surface area contributed by atoms with Crippen molar-refractivity contribution in [2.24, 2.45) is 0 Å². The average Bonchev–Trinajstić information content (AvgIpc) is 2.80. The predicted molar refractivity (Wildman–Crippen MR) is 128 cm³/mol. The van der Waals surface area contributed by atoms with Crippen molar-refractivity contribution in [1.82, 2.24) is 9.97 Å². The maximum atomic E-state index is 11.7. The number of benzene rings is 4. The number of para-hydroxylation sites is 2. The molecule has 2 aromatic heterocycles. The normalized spacial score (nSPS) is 10.6. The quantitative estimate of drug-likeness (QED) is 0.361. The molecule has 5 nitrogen and oxygen atoms in total. The zero-order valence-corrected chi connectivity index (χ0v) is 16.6. The van der Waals surface area contributed by atoms with Crippen LogP contribution < -0.4 is 11.1 Å². The number of aromatic amines is 2. The molecule has 0 aliphatic carbocycles.